The number of allylic oxidation sites excluding steroid dienone is 1. The van der Waals surface area contributed by atoms with E-state index >= 15 is 0 Å². The van der Waals surface area contributed by atoms with Crippen molar-refractivity contribution in [3.8, 4) is 0 Å². The molecule has 2 atom stereocenters. The van der Waals surface area contributed by atoms with Crippen molar-refractivity contribution < 1.29 is 29.7 Å². The third-order valence-corrected chi connectivity index (χ3v) is 5.00. The minimum Gasteiger partial charge on any atom is -0.481 e. The van der Waals surface area contributed by atoms with Crippen molar-refractivity contribution in [2.75, 3.05) is 0 Å². The zero-order valence-corrected chi connectivity index (χ0v) is 17.3. The van der Waals surface area contributed by atoms with Crippen LogP contribution in [-0.2, 0) is 16.0 Å². The first-order valence-electron chi connectivity index (χ1n) is 9.99. The Bertz CT molecular complexity index is 878. The number of unbranched alkanes of at least 4 members (excludes halogenated alkanes) is 1. The fourth-order valence-corrected chi connectivity index (χ4v) is 3.26. The van der Waals surface area contributed by atoms with E-state index in [1.807, 2.05) is 6.92 Å². The number of rotatable bonds is 11. The standard InChI is InChI=1S/C21H28N4O6/c1-12-15(19(29)25-21(22)23-12)5-3-2-4-13-6-8-14(9-7-13)18(28)24-16(20(30)31)10-11-17(26)27/h6-9,16,19,29H,2-5,10-11H2,1H3,(H,24,28)(H,26,27)(H,30,31)(H3,22,23,25)/t16-,19?/m0/s1. The maximum atomic E-state index is 12.3. The number of aliphatic hydroxyl groups excluding tert-OH is 1. The number of hydrogen-bond donors (Lipinski definition) is 6. The highest BCUT2D eigenvalue weighted by atomic mass is 16.4. The molecule has 7 N–H and O–H groups in total. The van der Waals surface area contributed by atoms with Crippen LogP contribution in [0.4, 0.5) is 0 Å². The van der Waals surface area contributed by atoms with E-state index in [2.05, 4.69) is 15.6 Å². The zero-order valence-electron chi connectivity index (χ0n) is 17.3. The summed E-state index contributed by atoms with van der Waals surface area (Å²) in [6, 6.07) is 5.56. The number of carboxylic acid groups (broad SMARTS) is 2. The van der Waals surface area contributed by atoms with Gasteiger partial charge in [0.05, 0.1) is 0 Å². The monoisotopic (exact) mass is 432 g/mol. The second-order valence-electron chi connectivity index (χ2n) is 7.36. The topological polar surface area (TPSA) is 174 Å². The summed E-state index contributed by atoms with van der Waals surface area (Å²) < 4.78 is 0. The Hall–Kier alpha value is -3.40. The van der Waals surface area contributed by atoms with Crippen LogP contribution in [0.2, 0.25) is 0 Å². The van der Waals surface area contributed by atoms with Gasteiger partial charge >= 0.3 is 11.9 Å². The molecule has 0 spiro atoms. The molecular weight excluding hydrogens is 404 g/mol. The molecule has 1 heterocycles. The molecule has 0 saturated heterocycles. The van der Waals surface area contributed by atoms with Crippen LogP contribution in [0.3, 0.4) is 0 Å². The number of hydrogen-bond acceptors (Lipinski definition) is 7. The molecule has 0 radical (unpaired) electrons. The van der Waals surface area contributed by atoms with Crippen molar-refractivity contribution in [2.45, 2.75) is 57.7 Å². The van der Waals surface area contributed by atoms with Crippen molar-refractivity contribution in [2.24, 2.45) is 10.7 Å². The number of nitrogens with two attached hydrogens (primary N) is 1. The highest BCUT2D eigenvalue weighted by molar-refractivity contribution is 5.96. The molecule has 0 fully saturated rings. The number of aliphatic carboxylic acids is 2. The first kappa shape index (κ1) is 23.9. The molecule has 1 aromatic rings. The Morgan fingerprint density at radius 3 is 2.39 bits per heavy atom. The Labute approximate surface area is 179 Å². The Morgan fingerprint density at radius 1 is 1.16 bits per heavy atom. The lowest BCUT2D eigenvalue weighted by atomic mass is 10.0. The van der Waals surface area contributed by atoms with Crippen molar-refractivity contribution in [1.82, 2.24) is 10.6 Å². The lowest BCUT2D eigenvalue weighted by molar-refractivity contribution is -0.140. The summed E-state index contributed by atoms with van der Waals surface area (Å²) in [7, 11) is 0. The van der Waals surface area contributed by atoms with Gasteiger partial charge in [-0.25, -0.2) is 9.79 Å². The first-order chi connectivity index (χ1) is 14.7. The zero-order chi connectivity index (χ0) is 23.0. The molecule has 10 nitrogen and oxygen atoms in total. The smallest absolute Gasteiger partial charge is 0.326 e. The largest absolute Gasteiger partial charge is 0.481 e. The molecule has 1 unspecified atom stereocenters. The van der Waals surface area contributed by atoms with E-state index in [0.717, 1.165) is 36.1 Å². The summed E-state index contributed by atoms with van der Waals surface area (Å²) in [5, 5.41) is 33.1. The van der Waals surface area contributed by atoms with Gasteiger partial charge in [0.15, 0.2) is 12.2 Å². The lowest BCUT2D eigenvalue weighted by Crippen LogP contribution is -2.41. The fraction of sp³-hybridized carbons (Fsp3) is 0.429. The van der Waals surface area contributed by atoms with E-state index in [-0.39, 0.29) is 18.8 Å². The van der Waals surface area contributed by atoms with Gasteiger partial charge in [-0.1, -0.05) is 12.1 Å². The summed E-state index contributed by atoms with van der Waals surface area (Å²) in [5.41, 5.74) is 8.53. The van der Waals surface area contributed by atoms with E-state index in [1.54, 1.807) is 24.3 Å². The van der Waals surface area contributed by atoms with Gasteiger partial charge in [0.2, 0.25) is 0 Å². The van der Waals surface area contributed by atoms with Crippen LogP contribution in [0.15, 0.2) is 40.5 Å². The third-order valence-electron chi connectivity index (χ3n) is 5.00. The first-order valence-corrected chi connectivity index (χ1v) is 9.99. The van der Waals surface area contributed by atoms with Gasteiger partial charge < -0.3 is 31.7 Å². The second-order valence-corrected chi connectivity index (χ2v) is 7.36. The number of carbonyl (C=O) groups is 3. The number of aliphatic imine (C=N–C) groups is 1. The molecule has 0 aromatic heterocycles. The number of carboxylic acids is 2. The molecule has 0 saturated carbocycles. The number of aryl methyl sites for hydroxylation is 1. The van der Waals surface area contributed by atoms with Crippen LogP contribution in [0.1, 0.15) is 54.9 Å². The van der Waals surface area contributed by atoms with E-state index in [4.69, 9.17) is 15.9 Å². The lowest BCUT2D eigenvalue weighted by Gasteiger charge is -2.21. The molecule has 1 aliphatic rings. The number of benzene rings is 1. The normalized spacial score (nSPS) is 16.8. The number of amides is 1. The quantitative estimate of drug-likeness (QED) is 0.280. The molecule has 1 amide bonds. The highest BCUT2D eigenvalue weighted by Gasteiger charge is 2.21. The summed E-state index contributed by atoms with van der Waals surface area (Å²) in [5.74, 6) is -2.76. The minimum absolute atomic E-state index is 0.188. The number of nitrogens with one attached hydrogen (secondary N) is 2. The summed E-state index contributed by atoms with van der Waals surface area (Å²) in [6.07, 6.45) is 1.72. The highest BCUT2D eigenvalue weighted by Crippen LogP contribution is 2.20. The predicted molar refractivity (Wildman–Crippen MR) is 113 cm³/mol. The van der Waals surface area contributed by atoms with Gasteiger partial charge in [0.1, 0.15) is 6.04 Å². The average Bonchev–Trinajstić information content (AvgIpc) is 2.69. The van der Waals surface area contributed by atoms with Crippen molar-refractivity contribution in [3.63, 3.8) is 0 Å². The van der Waals surface area contributed by atoms with Crippen molar-refractivity contribution >= 4 is 23.8 Å². The Kier molecular flexibility index (Phi) is 8.56. The predicted octanol–water partition coefficient (Wildman–Crippen LogP) is 0.958. The van der Waals surface area contributed by atoms with E-state index in [0.29, 0.717) is 12.0 Å². The maximum Gasteiger partial charge on any atom is 0.326 e. The third kappa shape index (κ3) is 7.41. The van der Waals surface area contributed by atoms with Crippen molar-refractivity contribution in [3.05, 3.63) is 46.7 Å². The average molecular weight is 432 g/mol. The van der Waals surface area contributed by atoms with Gasteiger partial charge in [-0.05, 0) is 62.3 Å². The maximum absolute atomic E-state index is 12.3. The van der Waals surface area contributed by atoms with E-state index < -0.39 is 30.1 Å². The molecule has 0 bridgehead atoms. The van der Waals surface area contributed by atoms with Crippen LogP contribution in [0.5, 0.6) is 0 Å². The molecule has 168 valence electrons. The van der Waals surface area contributed by atoms with Crippen LogP contribution in [-0.4, -0.2) is 51.4 Å². The van der Waals surface area contributed by atoms with Gasteiger partial charge in [0.25, 0.3) is 5.91 Å². The van der Waals surface area contributed by atoms with Gasteiger partial charge in [0, 0.05) is 17.7 Å². The number of guanidine groups is 1. The fourth-order valence-electron chi connectivity index (χ4n) is 3.26. The SMILES string of the molecule is CC1=C(CCCCc2ccc(C(=O)N[C@@H](CCC(=O)O)C(=O)O)cc2)C(O)N=C(N)N1. The second kappa shape index (κ2) is 11.1. The molecule has 2 rings (SSSR count). The Balaban J connectivity index is 1.82. The van der Waals surface area contributed by atoms with Crippen LogP contribution < -0.4 is 16.4 Å². The van der Waals surface area contributed by atoms with Gasteiger partial charge in [-0.15, -0.1) is 0 Å². The van der Waals surface area contributed by atoms with E-state index in [1.165, 1.54) is 0 Å². The van der Waals surface area contributed by atoms with Crippen LogP contribution in [0, 0.1) is 0 Å². The summed E-state index contributed by atoms with van der Waals surface area (Å²) in [6.45, 7) is 1.85. The van der Waals surface area contributed by atoms with Gasteiger partial charge in [-0.3, -0.25) is 9.59 Å². The van der Waals surface area contributed by atoms with E-state index in [9.17, 15) is 19.5 Å². The number of aliphatic hydroxyl groups is 1. The van der Waals surface area contributed by atoms with Crippen LogP contribution >= 0.6 is 0 Å². The van der Waals surface area contributed by atoms with Crippen molar-refractivity contribution in [1.29, 1.82) is 0 Å². The molecule has 10 heteroatoms. The summed E-state index contributed by atoms with van der Waals surface area (Å²) in [4.78, 5) is 38.0. The number of nitrogens with zero attached hydrogens (tertiary/aromatic N) is 1. The molecule has 1 aromatic carbocycles. The number of carbonyl (C=O) groups excluding carboxylic acids is 1. The summed E-state index contributed by atoms with van der Waals surface area (Å²) >= 11 is 0. The molecule has 31 heavy (non-hydrogen) atoms. The molecule has 0 aliphatic carbocycles. The van der Waals surface area contributed by atoms with Crippen LogP contribution in [0.25, 0.3) is 0 Å². The van der Waals surface area contributed by atoms with Gasteiger partial charge in [-0.2, -0.15) is 0 Å². The molecular formula is C21H28N4O6. The molecule has 1 aliphatic heterocycles. The minimum atomic E-state index is -1.27. The Morgan fingerprint density at radius 2 is 1.81 bits per heavy atom.